The molecule has 0 aliphatic carbocycles. The minimum Gasteiger partial charge on any atom is -0.322 e. The fourth-order valence-corrected chi connectivity index (χ4v) is 2.78. The summed E-state index contributed by atoms with van der Waals surface area (Å²) >= 11 is 12.1. The molecule has 1 aliphatic heterocycles. The third-order valence-corrected chi connectivity index (χ3v) is 4.23. The zero-order chi connectivity index (χ0) is 17.1. The van der Waals surface area contributed by atoms with Gasteiger partial charge in [-0.1, -0.05) is 29.3 Å². The second kappa shape index (κ2) is 7.17. The highest BCUT2D eigenvalue weighted by molar-refractivity contribution is 6.40. The Kier molecular flexibility index (Phi) is 4.99. The predicted molar refractivity (Wildman–Crippen MR) is 93.7 cm³/mol. The van der Waals surface area contributed by atoms with Crippen molar-refractivity contribution in [2.75, 3.05) is 17.2 Å². The van der Waals surface area contributed by atoms with Crippen molar-refractivity contribution < 1.29 is 9.59 Å². The topological polar surface area (TPSA) is 83.1 Å². The van der Waals surface area contributed by atoms with Gasteiger partial charge in [0.2, 0.25) is 5.91 Å². The van der Waals surface area contributed by atoms with Gasteiger partial charge in [0.1, 0.15) is 5.82 Å². The zero-order valence-corrected chi connectivity index (χ0v) is 14.0. The third-order valence-electron chi connectivity index (χ3n) is 3.60. The Morgan fingerprint density at radius 3 is 2.50 bits per heavy atom. The molecule has 0 radical (unpaired) electrons. The molecule has 3 N–H and O–H groups in total. The second-order valence-electron chi connectivity index (χ2n) is 5.27. The highest BCUT2D eigenvalue weighted by Gasteiger charge is 2.24. The molecule has 1 atom stereocenters. The summed E-state index contributed by atoms with van der Waals surface area (Å²) in [5.41, 5.74) is 0.671. The minimum absolute atomic E-state index is 0.147. The van der Waals surface area contributed by atoms with E-state index in [-0.39, 0.29) is 27.6 Å². The minimum atomic E-state index is -0.435. The van der Waals surface area contributed by atoms with Crippen LogP contribution in [0.15, 0.2) is 36.5 Å². The van der Waals surface area contributed by atoms with Crippen LogP contribution in [0.4, 0.5) is 11.5 Å². The molecular formula is C16H14Cl2N4O2. The van der Waals surface area contributed by atoms with Crippen molar-refractivity contribution in [3.05, 3.63) is 52.1 Å². The number of hydrogen-bond donors (Lipinski definition) is 3. The predicted octanol–water partition coefficient (Wildman–Crippen LogP) is 2.94. The highest BCUT2D eigenvalue weighted by atomic mass is 35.5. The van der Waals surface area contributed by atoms with Gasteiger partial charge in [-0.2, -0.15) is 0 Å². The third kappa shape index (κ3) is 3.67. The molecule has 1 aromatic carbocycles. The molecule has 1 fully saturated rings. The molecule has 3 rings (SSSR count). The van der Waals surface area contributed by atoms with Gasteiger partial charge in [0.25, 0.3) is 5.91 Å². The molecule has 0 bridgehead atoms. The van der Waals surface area contributed by atoms with Gasteiger partial charge in [0, 0.05) is 18.0 Å². The molecule has 24 heavy (non-hydrogen) atoms. The lowest BCUT2D eigenvalue weighted by Gasteiger charge is -2.26. The van der Waals surface area contributed by atoms with E-state index >= 15 is 0 Å². The van der Waals surface area contributed by atoms with Crippen molar-refractivity contribution in [2.45, 2.75) is 12.5 Å². The quantitative estimate of drug-likeness (QED) is 0.778. The van der Waals surface area contributed by atoms with Crippen LogP contribution in [0.5, 0.6) is 0 Å². The smallest absolute Gasteiger partial charge is 0.258 e. The molecule has 1 unspecified atom stereocenters. The number of nitrogens with one attached hydrogen (secondary N) is 3. The lowest BCUT2D eigenvalue weighted by Crippen LogP contribution is -2.50. The number of pyridine rings is 1. The van der Waals surface area contributed by atoms with Crippen molar-refractivity contribution in [3.8, 4) is 0 Å². The monoisotopic (exact) mass is 364 g/mol. The summed E-state index contributed by atoms with van der Waals surface area (Å²) in [6.45, 7) is 0.834. The maximum Gasteiger partial charge on any atom is 0.258 e. The first-order valence-electron chi connectivity index (χ1n) is 7.30. The van der Waals surface area contributed by atoms with Crippen LogP contribution in [-0.4, -0.2) is 29.4 Å². The first kappa shape index (κ1) is 16.7. The molecular weight excluding hydrogens is 351 g/mol. The molecule has 2 aromatic rings. The normalized spacial score (nSPS) is 16.2. The summed E-state index contributed by atoms with van der Waals surface area (Å²) in [7, 11) is 0. The number of aromatic nitrogens is 1. The lowest BCUT2D eigenvalue weighted by molar-refractivity contribution is -0.119. The first-order chi connectivity index (χ1) is 11.5. The van der Waals surface area contributed by atoms with Gasteiger partial charge in [-0.25, -0.2) is 4.98 Å². The van der Waals surface area contributed by atoms with Crippen LogP contribution in [0, 0.1) is 0 Å². The number of nitrogens with zero attached hydrogens (tertiary/aromatic N) is 1. The van der Waals surface area contributed by atoms with Gasteiger partial charge in [0.05, 0.1) is 21.7 Å². The number of carbonyl (C=O) groups excluding carboxylic acids is 2. The average molecular weight is 365 g/mol. The summed E-state index contributed by atoms with van der Waals surface area (Å²) in [5, 5.41) is 8.93. The van der Waals surface area contributed by atoms with E-state index in [9.17, 15) is 9.59 Å². The fourth-order valence-electron chi connectivity index (χ4n) is 2.21. The van der Waals surface area contributed by atoms with E-state index in [1.54, 1.807) is 30.3 Å². The average Bonchev–Trinajstić information content (AvgIpc) is 2.45. The fraction of sp³-hybridized carbons (Fsp3) is 0.188. The standard InChI is InChI=1S/C16H14Cl2N4O2/c17-10-2-1-3-11(18)14(10)16(24)21-9-4-6-20-13(8-9)22-15(23)12-5-7-19-12/h1-4,6,8,12,19H,5,7H2,(H2,20,21,22,23,24). The van der Waals surface area contributed by atoms with Gasteiger partial charge in [-0.05, 0) is 31.2 Å². The van der Waals surface area contributed by atoms with Crippen LogP contribution < -0.4 is 16.0 Å². The van der Waals surface area contributed by atoms with Crippen molar-refractivity contribution in [1.29, 1.82) is 0 Å². The van der Waals surface area contributed by atoms with Gasteiger partial charge in [-0.3, -0.25) is 9.59 Å². The maximum atomic E-state index is 12.4. The lowest BCUT2D eigenvalue weighted by atomic mass is 10.1. The Morgan fingerprint density at radius 1 is 1.17 bits per heavy atom. The number of halogens is 2. The number of rotatable bonds is 4. The van der Waals surface area contributed by atoms with E-state index in [0.717, 1.165) is 13.0 Å². The van der Waals surface area contributed by atoms with Crippen molar-refractivity contribution >= 4 is 46.5 Å². The SMILES string of the molecule is O=C(Nc1ccnc(NC(=O)C2CCN2)c1)c1c(Cl)cccc1Cl. The van der Waals surface area contributed by atoms with Crippen LogP contribution in [0.1, 0.15) is 16.8 Å². The van der Waals surface area contributed by atoms with E-state index in [0.29, 0.717) is 11.5 Å². The summed E-state index contributed by atoms with van der Waals surface area (Å²) in [6.07, 6.45) is 2.29. The molecule has 2 heterocycles. The summed E-state index contributed by atoms with van der Waals surface area (Å²) in [6, 6.07) is 7.83. The first-order valence-corrected chi connectivity index (χ1v) is 8.06. The largest absolute Gasteiger partial charge is 0.322 e. The number of hydrogen-bond acceptors (Lipinski definition) is 4. The van der Waals surface area contributed by atoms with Crippen LogP contribution in [0.25, 0.3) is 0 Å². The molecule has 2 amide bonds. The van der Waals surface area contributed by atoms with E-state index in [1.807, 2.05) is 0 Å². The van der Waals surface area contributed by atoms with Crippen LogP contribution in [0.3, 0.4) is 0 Å². The highest BCUT2D eigenvalue weighted by Crippen LogP contribution is 2.25. The van der Waals surface area contributed by atoms with E-state index in [2.05, 4.69) is 20.9 Å². The number of anilines is 2. The Hall–Kier alpha value is -2.15. The number of benzene rings is 1. The van der Waals surface area contributed by atoms with Gasteiger partial charge in [0.15, 0.2) is 0 Å². The van der Waals surface area contributed by atoms with Crippen molar-refractivity contribution in [1.82, 2.24) is 10.3 Å². The van der Waals surface area contributed by atoms with Crippen molar-refractivity contribution in [3.63, 3.8) is 0 Å². The Morgan fingerprint density at radius 2 is 1.88 bits per heavy atom. The second-order valence-corrected chi connectivity index (χ2v) is 6.08. The maximum absolute atomic E-state index is 12.4. The van der Waals surface area contributed by atoms with E-state index in [4.69, 9.17) is 23.2 Å². The Balaban J connectivity index is 1.72. The number of amides is 2. The van der Waals surface area contributed by atoms with E-state index < -0.39 is 5.91 Å². The van der Waals surface area contributed by atoms with Crippen LogP contribution >= 0.6 is 23.2 Å². The molecule has 8 heteroatoms. The molecule has 1 saturated heterocycles. The van der Waals surface area contributed by atoms with Crippen LogP contribution in [0.2, 0.25) is 10.0 Å². The zero-order valence-electron chi connectivity index (χ0n) is 12.5. The molecule has 0 saturated carbocycles. The van der Waals surface area contributed by atoms with Crippen molar-refractivity contribution in [2.24, 2.45) is 0 Å². The summed E-state index contributed by atoms with van der Waals surface area (Å²) in [4.78, 5) is 28.3. The summed E-state index contributed by atoms with van der Waals surface area (Å²) < 4.78 is 0. The Labute approximate surface area is 148 Å². The molecule has 0 spiro atoms. The van der Waals surface area contributed by atoms with E-state index in [1.165, 1.54) is 6.20 Å². The molecule has 124 valence electrons. The Bertz CT molecular complexity index is 773. The number of carbonyl (C=O) groups is 2. The van der Waals surface area contributed by atoms with Gasteiger partial charge in [-0.15, -0.1) is 0 Å². The van der Waals surface area contributed by atoms with Crippen LogP contribution in [-0.2, 0) is 4.79 Å². The molecule has 6 nitrogen and oxygen atoms in total. The van der Waals surface area contributed by atoms with Gasteiger partial charge < -0.3 is 16.0 Å². The molecule has 1 aliphatic rings. The van der Waals surface area contributed by atoms with Gasteiger partial charge >= 0.3 is 0 Å². The summed E-state index contributed by atoms with van der Waals surface area (Å²) in [5.74, 6) is -0.224. The molecule has 1 aromatic heterocycles.